The van der Waals surface area contributed by atoms with Crippen LogP contribution in [-0.4, -0.2) is 16.3 Å². The molecule has 0 fully saturated rings. The molecule has 1 heterocycles. The van der Waals surface area contributed by atoms with Gasteiger partial charge in [-0.3, -0.25) is 4.98 Å². The number of nitrogens with zero attached hydrogens (tertiary/aromatic N) is 1. The summed E-state index contributed by atoms with van der Waals surface area (Å²) in [5.74, 6) is 0. The molecule has 0 aliphatic carbocycles. The lowest BCUT2D eigenvalue weighted by Crippen LogP contribution is -2.20. The van der Waals surface area contributed by atoms with E-state index in [1.165, 1.54) is 12.3 Å². The zero-order chi connectivity index (χ0) is 10.1. The van der Waals surface area contributed by atoms with Gasteiger partial charge in [0.05, 0.1) is 0 Å². The molecule has 1 atom stereocenters. The second kappa shape index (κ2) is 3.33. The maximum atomic E-state index is 12.0. The summed E-state index contributed by atoms with van der Waals surface area (Å²) in [5, 5.41) is 8.82. The molecule has 1 aromatic rings. The molecule has 1 rings (SSSR count). The molecule has 0 aliphatic heterocycles. The van der Waals surface area contributed by atoms with E-state index in [9.17, 15) is 13.2 Å². The minimum absolute atomic E-state index is 0.229. The number of aliphatic hydroxyl groups excluding tert-OH is 1. The molecular weight excluding hydrogens is 183 g/mol. The van der Waals surface area contributed by atoms with Crippen LogP contribution in [0.5, 0.6) is 0 Å². The number of aromatic nitrogens is 1. The van der Waals surface area contributed by atoms with Crippen LogP contribution in [0.1, 0.15) is 17.2 Å². The van der Waals surface area contributed by atoms with Crippen molar-refractivity contribution in [3.05, 3.63) is 29.6 Å². The Balaban J connectivity index is 2.96. The first-order valence-electron chi connectivity index (χ1n) is 3.57. The van der Waals surface area contributed by atoms with Gasteiger partial charge in [-0.1, -0.05) is 6.07 Å². The topological polar surface area (TPSA) is 33.1 Å². The molecule has 1 aromatic heterocycles. The molecule has 0 amide bonds. The van der Waals surface area contributed by atoms with Crippen molar-refractivity contribution in [2.75, 3.05) is 0 Å². The molecule has 0 saturated carbocycles. The molecule has 13 heavy (non-hydrogen) atoms. The molecule has 72 valence electrons. The highest BCUT2D eigenvalue weighted by molar-refractivity contribution is 5.19. The number of hydrogen-bond acceptors (Lipinski definition) is 2. The summed E-state index contributed by atoms with van der Waals surface area (Å²) in [4.78, 5) is 3.56. The number of rotatable bonds is 1. The fraction of sp³-hybridized carbons (Fsp3) is 0.375. The van der Waals surface area contributed by atoms with Crippen molar-refractivity contribution in [2.45, 2.75) is 19.2 Å². The smallest absolute Gasteiger partial charge is 0.379 e. The Bertz CT molecular complexity index is 298. The largest absolute Gasteiger partial charge is 0.418 e. The summed E-state index contributed by atoms with van der Waals surface area (Å²) in [6.45, 7) is 1.61. The maximum absolute atomic E-state index is 12.0. The van der Waals surface area contributed by atoms with Crippen molar-refractivity contribution in [1.82, 2.24) is 4.98 Å². The molecule has 0 bridgehead atoms. The summed E-state index contributed by atoms with van der Waals surface area (Å²) in [6, 6.07) is 1.26. The molecule has 5 heteroatoms. The van der Waals surface area contributed by atoms with Crippen molar-refractivity contribution in [3.8, 4) is 0 Å². The number of alkyl halides is 3. The number of aryl methyl sites for hydroxylation is 1. The highest BCUT2D eigenvalue weighted by Crippen LogP contribution is 2.31. The van der Waals surface area contributed by atoms with Gasteiger partial charge in [-0.15, -0.1) is 0 Å². The van der Waals surface area contributed by atoms with Crippen LogP contribution in [0.15, 0.2) is 18.5 Å². The lowest BCUT2D eigenvalue weighted by molar-refractivity contribution is -0.206. The van der Waals surface area contributed by atoms with Gasteiger partial charge in [0.1, 0.15) is 0 Å². The van der Waals surface area contributed by atoms with Gasteiger partial charge in [-0.2, -0.15) is 13.2 Å². The van der Waals surface area contributed by atoms with Crippen LogP contribution in [0.25, 0.3) is 0 Å². The van der Waals surface area contributed by atoms with Gasteiger partial charge in [0.25, 0.3) is 0 Å². The van der Waals surface area contributed by atoms with E-state index in [1.54, 1.807) is 6.92 Å². The summed E-state index contributed by atoms with van der Waals surface area (Å²) < 4.78 is 36.0. The van der Waals surface area contributed by atoms with Gasteiger partial charge in [-0.05, 0) is 12.5 Å². The first-order valence-corrected chi connectivity index (χ1v) is 3.57. The summed E-state index contributed by atoms with van der Waals surface area (Å²) in [5.41, 5.74) is 0.355. The predicted octanol–water partition coefficient (Wildman–Crippen LogP) is 1.99. The van der Waals surface area contributed by atoms with E-state index in [0.717, 1.165) is 6.20 Å². The van der Waals surface area contributed by atoms with Crippen LogP contribution in [0, 0.1) is 6.92 Å². The van der Waals surface area contributed by atoms with Gasteiger partial charge in [0.15, 0.2) is 6.10 Å². The van der Waals surface area contributed by atoms with Gasteiger partial charge >= 0.3 is 6.18 Å². The molecule has 0 aromatic carbocycles. The average Bonchev–Trinajstić information content (AvgIpc) is 2.01. The standard InChI is InChI=1S/C8H8F3NO/c1-5-2-6(4-12-3-5)7(13)8(9,10)11/h2-4,7,13H,1H3/t7-/m0/s1. The fourth-order valence-electron chi connectivity index (χ4n) is 0.917. The van der Waals surface area contributed by atoms with Crippen molar-refractivity contribution in [2.24, 2.45) is 0 Å². The van der Waals surface area contributed by atoms with E-state index >= 15 is 0 Å². The maximum Gasteiger partial charge on any atom is 0.418 e. The number of aliphatic hydroxyl groups is 1. The quantitative estimate of drug-likeness (QED) is 0.736. The zero-order valence-corrected chi connectivity index (χ0v) is 6.84. The van der Waals surface area contributed by atoms with Crippen LogP contribution >= 0.6 is 0 Å². The number of hydrogen-bond donors (Lipinski definition) is 1. The number of pyridine rings is 1. The highest BCUT2D eigenvalue weighted by atomic mass is 19.4. The summed E-state index contributed by atoms with van der Waals surface area (Å²) in [7, 11) is 0. The Hall–Kier alpha value is -1.10. The average molecular weight is 191 g/mol. The molecule has 0 saturated heterocycles. The molecular formula is C8H8F3NO. The first-order chi connectivity index (χ1) is 5.91. The predicted molar refractivity (Wildman–Crippen MR) is 40.0 cm³/mol. The lowest BCUT2D eigenvalue weighted by atomic mass is 10.1. The van der Waals surface area contributed by atoms with E-state index in [0.29, 0.717) is 5.56 Å². The lowest BCUT2D eigenvalue weighted by Gasteiger charge is -2.14. The third-order valence-corrected chi connectivity index (χ3v) is 1.52. The van der Waals surface area contributed by atoms with E-state index in [2.05, 4.69) is 4.98 Å². The molecule has 0 radical (unpaired) electrons. The SMILES string of the molecule is Cc1cncc([C@H](O)C(F)(F)F)c1. The third kappa shape index (κ3) is 2.42. The van der Waals surface area contributed by atoms with Crippen LogP contribution in [0.2, 0.25) is 0 Å². The molecule has 1 N–H and O–H groups in total. The molecule has 2 nitrogen and oxygen atoms in total. The van der Waals surface area contributed by atoms with Crippen molar-refractivity contribution >= 4 is 0 Å². The monoisotopic (exact) mass is 191 g/mol. The van der Waals surface area contributed by atoms with Gasteiger partial charge < -0.3 is 5.11 Å². The van der Waals surface area contributed by atoms with E-state index in [-0.39, 0.29) is 5.56 Å². The Morgan fingerprint density at radius 2 is 2.00 bits per heavy atom. The van der Waals surface area contributed by atoms with Crippen LogP contribution in [0.3, 0.4) is 0 Å². The normalized spacial score (nSPS) is 14.2. The molecule has 0 spiro atoms. The molecule has 0 unspecified atom stereocenters. The van der Waals surface area contributed by atoms with E-state index in [4.69, 9.17) is 5.11 Å². The Labute approximate surface area is 73.0 Å². The first kappa shape index (κ1) is 9.98. The van der Waals surface area contributed by atoms with Gasteiger partial charge in [0, 0.05) is 18.0 Å². The number of halogens is 3. The van der Waals surface area contributed by atoms with Crippen LogP contribution < -0.4 is 0 Å². The minimum Gasteiger partial charge on any atom is -0.379 e. The second-order valence-electron chi connectivity index (χ2n) is 2.74. The van der Waals surface area contributed by atoms with Gasteiger partial charge in [0.2, 0.25) is 0 Å². The van der Waals surface area contributed by atoms with E-state index < -0.39 is 12.3 Å². The fourth-order valence-corrected chi connectivity index (χ4v) is 0.917. The van der Waals surface area contributed by atoms with Crippen molar-refractivity contribution < 1.29 is 18.3 Å². The van der Waals surface area contributed by atoms with Crippen LogP contribution in [0.4, 0.5) is 13.2 Å². The summed E-state index contributed by atoms with van der Waals surface area (Å²) in [6.07, 6.45) is -4.65. The molecule has 0 aliphatic rings. The van der Waals surface area contributed by atoms with Gasteiger partial charge in [-0.25, -0.2) is 0 Å². The van der Waals surface area contributed by atoms with Crippen LogP contribution in [-0.2, 0) is 0 Å². The Morgan fingerprint density at radius 1 is 1.38 bits per heavy atom. The second-order valence-corrected chi connectivity index (χ2v) is 2.74. The minimum atomic E-state index is -4.63. The summed E-state index contributed by atoms with van der Waals surface area (Å²) >= 11 is 0. The third-order valence-electron chi connectivity index (χ3n) is 1.52. The van der Waals surface area contributed by atoms with E-state index in [1.807, 2.05) is 0 Å². The zero-order valence-electron chi connectivity index (χ0n) is 6.84. The highest BCUT2D eigenvalue weighted by Gasteiger charge is 2.39. The van der Waals surface area contributed by atoms with Crippen molar-refractivity contribution in [1.29, 1.82) is 0 Å². The Kier molecular flexibility index (Phi) is 2.56. The van der Waals surface area contributed by atoms with Crippen molar-refractivity contribution in [3.63, 3.8) is 0 Å². The Morgan fingerprint density at radius 3 is 2.46 bits per heavy atom.